The lowest BCUT2D eigenvalue weighted by Crippen LogP contribution is -2.48. The van der Waals surface area contributed by atoms with Crippen molar-refractivity contribution >= 4 is 17.8 Å². The van der Waals surface area contributed by atoms with Gasteiger partial charge in [0.1, 0.15) is 0 Å². The number of aromatic nitrogens is 2. The van der Waals surface area contributed by atoms with Gasteiger partial charge in [-0.2, -0.15) is 0 Å². The first-order valence-electron chi connectivity index (χ1n) is 7.62. The molecule has 1 aromatic rings. The third-order valence-electron chi connectivity index (χ3n) is 4.54. The number of amides is 2. The summed E-state index contributed by atoms with van der Waals surface area (Å²) in [6.07, 6.45) is 6.56. The summed E-state index contributed by atoms with van der Waals surface area (Å²) in [5.74, 6) is 0.506. The van der Waals surface area contributed by atoms with Gasteiger partial charge in [-0.3, -0.25) is 9.59 Å². The fourth-order valence-electron chi connectivity index (χ4n) is 3.44. The quantitative estimate of drug-likeness (QED) is 0.841. The van der Waals surface area contributed by atoms with Crippen LogP contribution in [0.1, 0.15) is 26.2 Å². The molecule has 7 nitrogen and oxygen atoms in total. The minimum Gasteiger partial charge on any atom is -0.351 e. The highest BCUT2D eigenvalue weighted by Gasteiger charge is 2.49. The lowest BCUT2D eigenvalue weighted by molar-refractivity contribution is -0.132. The lowest BCUT2D eigenvalue weighted by atomic mass is 9.65. The Morgan fingerprint density at radius 3 is 2.77 bits per heavy atom. The number of hydrogen-bond donors (Lipinski definition) is 2. The van der Waals surface area contributed by atoms with Gasteiger partial charge in [0.2, 0.25) is 17.8 Å². The van der Waals surface area contributed by atoms with Crippen LogP contribution in [0.3, 0.4) is 0 Å². The smallest absolute Gasteiger partial charge is 0.241 e. The van der Waals surface area contributed by atoms with Gasteiger partial charge in [-0.15, -0.1) is 0 Å². The first kappa shape index (κ1) is 14.7. The van der Waals surface area contributed by atoms with Crippen LogP contribution in [0.4, 0.5) is 5.95 Å². The zero-order valence-corrected chi connectivity index (χ0v) is 12.7. The molecule has 22 heavy (non-hydrogen) atoms. The Bertz CT molecular complexity index is 556. The number of anilines is 1. The molecule has 2 heterocycles. The molecule has 3 rings (SSSR count). The summed E-state index contributed by atoms with van der Waals surface area (Å²) in [7, 11) is 0. The van der Waals surface area contributed by atoms with Gasteiger partial charge in [0.25, 0.3) is 0 Å². The summed E-state index contributed by atoms with van der Waals surface area (Å²) in [6, 6.07) is 2.18. The molecule has 118 valence electrons. The second kappa shape index (κ2) is 5.90. The van der Waals surface area contributed by atoms with Gasteiger partial charge in [0, 0.05) is 38.4 Å². The molecule has 1 aliphatic heterocycles. The summed E-state index contributed by atoms with van der Waals surface area (Å²) in [4.78, 5) is 33.1. The van der Waals surface area contributed by atoms with Gasteiger partial charge < -0.3 is 15.5 Å². The third kappa shape index (κ3) is 3.18. The highest BCUT2D eigenvalue weighted by atomic mass is 16.2. The van der Waals surface area contributed by atoms with Crippen LogP contribution in [0.5, 0.6) is 0 Å². The maximum absolute atomic E-state index is 12.0. The molecule has 1 aromatic heterocycles. The number of hydrogen-bond acceptors (Lipinski definition) is 5. The molecule has 2 N–H and O–H groups in total. The first-order valence-corrected chi connectivity index (χ1v) is 7.62. The molecular weight excluding hydrogens is 282 g/mol. The Hall–Kier alpha value is -2.18. The van der Waals surface area contributed by atoms with Gasteiger partial charge in [-0.1, -0.05) is 0 Å². The van der Waals surface area contributed by atoms with E-state index in [9.17, 15) is 9.59 Å². The number of carbonyl (C=O) groups is 2. The number of likely N-dealkylation sites (tertiary alicyclic amines) is 1. The summed E-state index contributed by atoms with van der Waals surface area (Å²) >= 11 is 0. The van der Waals surface area contributed by atoms with E-state index in [1.807, 2.05) is 4.90 Å². The molecular formula is C15H21N5O2. The molecule has 1 spiro atoms. The van der Waals surface area contributed by atoms with Gasteiger partial charge in [-0.25, -0.2) is 9.97 Å². The van der Waals surface area contributed by atoms with E-state index in [2.05, 4.69) is 20.6 Å². The molecule has 7 heteroatoms. The molecule has 0 bridgehead atoms. The van der Waals surface area contributed by atoms with E-state index < -0.39 is 0 Å². The average Bonchev–Trinajstić information content (AvgIpc) is 2.91. The first-order chi connectivity index (χ1) is 10.6. The number of nitrogens with one attached hydrogen (secondary N) is 2. The normalized spacial score (nSPS) is 26.6. The highest BCUT2D eigenvalue weighted by Crippen LogP contribution is 2.48. The number of carbonyl (C=O) groups excluding carboxylic acids is 2. The second-order valence-corrected chi connectivity index (χ2v) is 6.30. The summed E-state index contributed by atoms with van der Waals surface area (Å²) in [5.41, 5.74) is 0.234. The lowest BCUT2D eigenvalue weighted by Gasteiger charge is -2.45. The molecule has 2 aliphatic rings. The van der Waals surface area contributed by atoms with Crippen molar-refractivity contribution < 1.29 is 9.59 Å². The minimum absolute atomic E-state index is 0.00915. The van der Waals surface area contributed by atoms with Crippen LogP contribution in [-0.4, -0.2) is 52.4 Å². The van der Waals surface area contributed by atoms with Crippen molar-refractivity contribution in [3.05, 3.63) is 18.5 Å². The van der Waals surface area contributed by atoms with Crippen molar-refractivity contribution in [1.29, 1.82) is 0 Å². The van der Waals surface area contributed by atoms with E-state index in [1.54, 1.807) is 18.5 Å². The SMILES string of the molecule is CC(=O)NCC(=O)N1CCC2(CC(Nc3ncccn3)C2)C1. The van der Waals surface area contributed by atoms with E-state index in [0.717, 1.165) is 32.4 Å². The van der Waals surface area contributed by atoms with Crippen LogP contribution in [-0.2, 0) is 9.59 Å². The van der Waals surface area contributed by atoms with Crippen LogP contribution in [0.15, 0.2) is 18.5 Å². The van der Waals surface area contributed by atoms with Gasteiger partial charge in [0.15, 0.2) is 0 Å². The molecule has 0 aromatic carbocycles. The van der Waals surface area contributed by atoms with Crippen molar-refractivity contribution in [3.8, 4) is 0 Å². The molecule has 1 aliphatic carbocycles. The van der Waals surface area contributed by atoms with Crippen molar-refractivity contribution in [2.75, 3.05) is 25.0 Å². The largest absolute Gasteiger partial charge is 0.351 e. The Labute approximate surface area is 129 Å². The van der Waals surface area contributed by atoms with Crippen molar-refractivity contribution in [2.24, 2.45) is 5.41 Å². The molecule has 0 radical (unpaired) electrons. The van der Waals surface area contributed by atoms with Crippen molar-refractivity contribution in [3.63, 3.8) is 0 Å². The highest BCUT2D eigenvalue weighted by molar-refractivity contribution is 5.83. The maximum Gasteiger partial charge on any atom is 0.241 e. The van der Waals surface area contributed by atoms with E-state index in [1.165, 1.54) is 6.92 Å². The molecule has 1 saturated heterocycles. The zero-order chi connectivity index (χ0) is 15.6. The topological polar surface area (TPSA) is 87.2 Å². The molecule has 0 unspecified atom stereocenters. The monoisotopic (exact) mass is 303 g/mol. The van der Waals surface area contributed by atoms with Crippen molar-refractivity contribution in [1.82, 2.24) is 20.2 Å². The standard InChI is InChI=1S/C15H21N5O2/c1-11(21)18-9-13(22)20-6-3-15(10-20)7-12(8-15)19-14-16-4-2-5-17-14/h2,4-5,12H,3,6-10H2,1H3,(H,18,21)(H,16,17,19). The fraction of sp³-hybridized carbons (Fsp3) is 0.600. The summed E-state index contributed by atoms with van der Waals surface area (Å²) in [5, 5.41) is 5.90. The Morgan fingerprint density at radius 2 is 2.09 bits per heavy atom. The van der Waals surface area contributed by atoms with E-state index in [-0.39, 0.29) is 23.8 Å². The summed E-state index contributed by atoms with van der Waals surface area (Å²) in [6.45, 7) is 3.10. The van der Waals surface area contributed by atoms with E-state index in [0.29, 0.717) is 12.0 Å². The van der Waals surface area contributed by atoms with Crippen LogP contribution in [0.25, 0.3) is 0 Å². The second-order valence-electron chi connectivity index (χ2n) is 6.30. The molecule has 2 amide bonds. The summed E-state index contributed by atoms with van der Waals surface area (Å²) < 4.78 is 0. The van der Waals surface area contributed by atoms with Gasteiger partial charge in [-0.05, 0) is 30.7 Å². The Kier molecular flexibility index (Phi) is 3.96. The van der Waals surface area contributed by atoms with Gasteiger partial charge >= 0.3 is 0 Å². The Balaban J connectivity index is 1.46. The third-order valence-corrected chi connectivity index (χ3v) is 4.54. The molecule has 1 saturated carbocycles. The molecule has 0 atom stereocenters. The maximum atomic E-state index is 12.0. The zero-order valence-electron chi connectivity index (χ0n) is 12.7. The van der Waals surface area contributed by atoms with Crippen LogP contribution in [0, 0.1) is 5.41 Å². The van der Waals surface area contributed by atoms with Crippen LogP contribution < -0.4 is 10.6 Å². The van der Waals surface area contributed by atoms with E-state index >= 15 is 0 Å². The van der Waals surface area contributed by atoms with Crippen LogP contribution >= 0.6 is 0 Å². The number of rotatable bonds is 4. The average molecular weight is 303 g/mol. The number of nitrogens with zero attached hydrogens (tertiary/aromatic N) is 3. The Morgan fingerprint density at radius 1 is 1.36 bits per heavy atom. The minimum atomic E-state index is -0.168. The van der Waals surface area contributed by atoms with Crippen molar-refractivity contribution in [2.45, 2.75) is 32.2 Å². The van der Waals surface area contributed by atoms with E-state index in [4.69, 9.17) is 0 Å². The predicted molar refractivity (Wildman–Crippen MR) is 81.0 cm³/mol. The van der Waals surface area contributed by atoms with Crippen LogP contribution in [0.2, 0.25) is 0 Å². The predicted octanol–water partition coefficient (Wildman–Crippen LogP) is 0.406. The van der Waals surface area contributed by atoms with Gasteiger partial charge in [0.05, 0.1) is 6.54 Å². The fourth-order valence-corrected chi connectivity index (χ4v) is 3.44. The molecule has 2 fully saturated rings.